The molecular weight excluding hydrogens is 262 g/mol. The molecule has 2 aromatic heterocycles. The Morgan fingerprint density at radius 1 is 1.56 bits per heavy atom. The summed E-state index contributed by atoms with van der Waals surface area (Å²) >= 11 is 3.60. The molecule has 96 valence electrons. The summed E-state index contributed by atoms with van der Waals surface area (Å²) in [7, 11) is 2.11. The molecule has 1 aliphatic carbocycles. The van der Waals surface area contributed by atoms with E-state index in [1.807, 2.05) is 11.3 Å². The minimum absolute atomic E-state index is 0.147. The maximum Gasteiger partial charge on any atom is 0.185 e. The van der Waals surface area contributed by atoms with Gasteiger partial charge < -0.3 is 10.6 Å². The standard InChI is InChI=1S/C13H17N3S2/c1-16(8-9-4-3-7-17-9)13-15-12-10(14)5-2-6-11(12)18-13/h3-4,7,10H,2,5-6,8,14H2,1H3. The van der Waals surface area contributed by atoms with Crippen molar-refractivity contribution < 1.29 is 0 Å². The Labute approximate surface area is 115 Å². The molecule has 0 aromatic carbocycles. The van der Waals surface area contributed by atoms with Gasteiger partial charge in [-0.1, -0.05) is 6.07 Å². The van der Waals surface area contributed by atoms with Crippen molar-refractivity contribution in [3.05, 3.63) is 33.0 Å². The lowest BCUT2D eigenvalue weighted by Gasteiger charge is -2.16. The van der Waals surface area contributed by atoms with Gasteiger partial charge >= 0.3 is 0 Å². The van der Waals surface area contributed by atoms with E-state index in [1.54, 1.807) is 11.3 Å². The minimum Gasteiger partial charge on any atom is -0.346 e. The van der Waals surface area contributed by atoms with E-state index in [0.29, 0.717) is 0 Å². The largest absolute Gasteiger partial charge is 0.346 e. The minimum atomic E-state index is 0.147. The predicted octanol–water partition coefficient (Wildman–Crippen LogP) is 3.18. The molecule has 5 heteroatoms. The van der Waals surface area contributed by atoms with Crippen molar-refractivity contribution in [2.24, 2.45) is 5.73 Å². The summed E-state index contributed by atoms with van der Waals surface area (Å²) in [4.78, 5) is 9.72. The number of nitrogens with two attached hydrogens (primary N) is 1. The van der Waals surface area contributed by atoms with Crippen molar-refractivity contribution in [3.63, 3.8) is 0 Å². The van der Waals surface area contributed by atoms with Crippen molar-refractivity contribution in [1.29, 1.82) is 0 Å². The lowest BCUT2D eigenvalue weighted by atomic mass is 9.99. The molecule has 0 spiro atoms. The van der Waals surface area contributed by atoms with Gasteiger partial charge in [0.1, 0.15) is 0 Å². The second-order valence-corrected chi connectivity index (χ2v) is 6.83. The van der Waals surface area contributed by atoms with Crippen LogP contribution in [-0.4, -0.2) is 12.0 Å². The molecule has 18 heavy (non-hydrogen) atoms. The third-order valence-electron chi connectivity index (χ3n) is 3.29. The van der Waals surface area contributed by atoms with Crippen LogP contribution >= 0.6 is 22.7 Å². The number of aromatic nitrogens is 1. The number of thiophene rings is 1. The third-order valence-corrected chi connectivity index (χ3v) is 5.39. The van der Waals surface area contributed by atoms with Crippen LogP contribution in [0.4, 0.5) is 5.13 Å². The van der Waals surface area contributed by atoms with Crippen molar-refractivity contribution in [1.82, 2.24) is 4.98 Å². The van der Waals surface area contributed by atoms with Crippen LogP contribution in [0.1, 0.15) is 34.3 Å². The van der Waals surface area contributed by atoms with E-state index in [-0.39, 0.29) is 6.04 Å². The summed E-state index contributed by atoms with van der Waals surface area (Å²) in [5, 5.41) is 3.22. The SMILES string of the molecule is CN(Cc1cccs1)c1nc2c(s1)CCCC2N. The van der Waals surface area contributed by atoms with Crippen molar-refractivity contribution in [2.75, 3.05) is 11.9 Å². The summed E-state index contributed by atoms with van der Waals surface area (Å²) < 4.78 is 0. The lowest BCUT2D eigenvalue weighted by molar-refractivity contribution is 0.563. The number of rotatable bonds is 3. The maximum absolute atomic E-state index is 6.12. The zero-order valence-electron chi connectivity index (χ0n) is 10.4. The molecular formula is C13H17N3S2. The average molecular weight is 279 g/mol. The first-order valence-electron chi connectivity index (χ1n) is 6.23. The Balaban J connectivity index is 1.80. The molecule has 0 saturated carbocycles. The van der Waals surface area contributed by atoms with Crippen LogP contribution in [0.15, 0.2) is 17.5 Å². The van der Waals surface area contributed by atoms with Crippen LogP contribution in [0.25, 0.3) is 0 Å². The van der Waals surface area contributed by atoms with Gasteiger partial charge in [-0.3, -0.25) is 0 Å². The fraction of sp³-hybridized carbons (Fsp3) is 0.462. The number of aryl methyl sites for hydroxylation is 1. The fourth-order valence-electron chi connectivity index (χ4n) is 2.31. The average Bonchev–Trinajstić information content (AvgIpc) is 2.97. The highest BCUT2D eigenvalue weighted by molar-refractivity contribution is 7.15. The highest BCUT2D eigenvalue weighted by Crippen LogP contribution is 2.35. The number of nitrogens with zero attached hydrogens (tertiary/aromatic N) is 2. The molecule has 0 amide bonds. The van der Waals surface area contributed by atoms with Crippen molar-refractivity contribution in [3.8, 4) is 0 Å². The van der Waals surface area contributed by atoms with Crippen molar-refractivity contribution in [2.45, 2.75) is 31.8 Å². The summed E-state index contributed by atoms with van der Waals surface area (Å²) in [6.07, 6.45) is 3.42. The van der Waals surface area contributed by atoms with Crippen LogP contribution in [0.5, 0.6) is 0 Å². The summed E-state index contributed by atoms with van der Waals surface area (Å²) in [6.45, 7) is 0.930. The first-order chi connectivity index (χ1) is 8.74. The van der Waals surface area contributed by atoms with Crippen LogP contribution in [0.2, 0.25) is 0 Å². The van der Waals surface area contributed by atoms with E-state index < -0.39 is 0 Å². The molecule has 0 saturated heterocycles. The van der Waals surface area contributed by atoms with Crippen LogP contribution in [-0.2, 0) is 13.0 Å². The summed E-state index contributed by atoms with van der Waals surface area (Å²) in [6, 6.07) is 4.41. The van der Waals surface area contributed by atoms with E-state index in [9.17, 15) is 0 Å². The zero-order chi connectivity index (χ0) is 12.5. The molecule has 2 heterocycles. The van der Waals surface area contributed by atoms with Gasteiger partial charge in [-0.2, -0.15) is 0 Å². The molecule has 3 rings (SSSR count). The van der Waals surface area contributed by atoms with Crippen LogP contribution in [0.3, 0.4) is 0 Å². The van der Waals surface area contributed by atoms with E-state index in [1.165, 1.54) is 16.2 Å². The lowest BCUT2D eigenvalue weighted by Crippen LogP contribution is -2.18. The predicted molar refractivity (Wildman–Crippen MR) is 78.4 cm³/mol. The van der Waals surface area contributed by atoms with Gasteiger partial charge in [0, 0.05) is 22.8 Å². The third kappa shape index (κ3) is 2.30. The second-order valence-electron chi connectivity index (χ2n) is 4.74. The second kappa shape index (κ2) is 4.99. The van der Waals surface area contributed by atoms with Gasteiger partial charge in [0.15, 0.2) is 5.13 Å². The molecule has 1 atom stereocenters. The van der Waals surface area contributed by atoms with Gasteiger partial charge in [-0.25, -0.2) is 4.98 Å². The Kier molecular flexibility index (Phi) is 3.37. The molecule has 0 fully saturated rings. The number of hydrogen-bond acceptors (Lipinski definition) is 5. The highest BCUT2D eigenvalue weighted by atomic mass is 32.1. The molecule has 0 aliphatic heterocycles. The van der Waals surface area contributed by atoms with E-state index in [0.717, 1.165) is 30.2 Å². The molecule has 2 aromatic rings. The van der Waals surface area contributed by atoms with E-state index >= 15 is 0 Å². The molecule has 3 nitrogen and oxygen atoms in total. The Morgan fingerprint density at radius 2 is 2.44 bits per heavy atom. The van der Waals surface area contributed by atoms with E-state index in [2.05, 4.69) is 29.5 Å². The molecule has 0 radical (unpaired) electrons. The Bertz CT molecular complexity index is 518. The van der Waals surface area contributed by atoms with E-state index in [4.69, 9.17) is 10.7 Å². The number of anilines is 1. The number of fused-ring (bicyclic) bond motifs is 1. The van der Waals surface area contributed by atoms with Gasteiger partial charge in [-0.05, 0) is 30.7 Å². The Hall–Kier alpha value is -0.910. The maximum atomic E-state index is 6.12. The van der Waals surface area contributed by atoms with Gasteiger partial charge in [-0.15, -0.1) is 22.7 Å². The van der Waals surface area contributed by atoms with Crippen molar-refractivity contribution >= 4 is 27.8 Å². The first kappa shape index (κ1) is 12.1. The highest BCUT2D eigenvalue weighted by Gasteiger charge is 2.22. The molecule has 1 aliphatic rings. The number of thiazole rings is 1. The van der Waals surface area contributed by atoms with Gasteiger partial charge in [0.25, 0.3) is 0 Å². The smallest absolute Gasteiger partial charge is 0.185 e. The zero-order valence-corrected chi connectivity index (χ0v) is 12.1. The monoisotopic (exact) mass is 279 g/mol. The van der Waals surface area contributed by atoms with Crippen LogP contribution in [0, 0.1) is 0 Å². The first-order valence-corrected chi connectivity index (χ1v) is 7.92. The summed E-state index contributed by atoms with van der Waals surface area (Å²) in [5.41, 5.74) is 7.26. The Morgan fingerprint density at radius 3 is 3.17 bits per heavy atom. The summed E-state index contributed by atoms with van der Waals surface area (Å²) in [5.74, 6) is 0. The normalized spacial score (nSPS) is 18.7. The van der Waals surface area contributed by atoms with Gasteiger partial charge in [0.2, 0.25) is 0 Å². The molecule has 2 N–H and O–H groups in total. The topological polar surface area (TPSA) is 42.2 Å². The quantitative estimate of drug-likeness (QED) is 0.938. The molecule has 1 unspecified atom stereocenters. The fourth-order valence-corrected chi connectivity index (χ4v) is 4.20. The molecule has 0 bridgehead atoms. The van der Waals surface area contributed by atoms with Crippen LogP contribution < -0.4 is 10.6 Å². The number of hydrogen-bond donors (Lipinski definition) is 1. The van der Waals surface area contributed by atoms with Gasteiger partial charge in [0.05, 0.1) is 12.2 Å².